The third kappa shape index (κ3) is 3.64. The molecule has 2 atom stereocenters. The van der Waals surface area contributed by atoms with Gasteiger partial charge in [-0.1, -0.05) is 18.5 Å². The molecule has 1 saturated heterocycles. The molecule has 1 fully saturated rings. The van der Waals surface area contributed by atoms with Gasteiger partial charge in [0.15, 0.2) is 0 Å². The number of rotatable bonds is 3. The average molecular weight is 317 g/mol. The Morgan fingerprint density at radius 3 is 2.90 bits per heavy atom. The number of urea groups is 1. The standard InChI is InChI=1S/C13H17ClN2O3S/c1-8-4-5-16(10(6-8)12(17)18)13(19)15-7-9-2-3-11(14)20-9/h2-3,8,10H,4-7H2,1H3,(H,15,19)(H,17,18). The molecule has 0 aromatic carbocycles. The predicted octanol–water partition coefficient (Wildman–Crippen LogP) is 2.80. The van der Waals surface area contributed by atoms with Crippen molar-refractivity contribution < 1.29 is 14.7 Å². The van der Waals surface area contributed by atoms with E-state index in [1.165, 1.54) is 16.2 Å². The van der Waals surface area contributed by atoms with Crippen LogP contribution in [0.25, 0.3) is 0 Å². The van der Waals surface area contributed by atoms with Gasteiger partial charge in [-0.05, 0) is 30.9 Å². The first-order valence-electron chi connectivity index (χ1n) is 6.49. The highest BCUT2D eigenvalue weighted by Crippen LogP contribution is 2.24. The van der Waals surface area contributed by atoms with E-state index in [1.807, 2.05) is 13.0 Å². The number of carbonyl (C=O) groups is 2. The summed E-state index contributed by atoms with van der Waals surface area (Å²) in [5.41, 5.74) is 0. The quantitative estimate of drug-likeness (QED) is 0.901. The van der Waals surface area contributed by atoms with Gasteiger partial charge in [0, 0.05) is 11.4 Å². The molecule has 2 rings (SSSR count). The van der Waals surface area contributed by atoms with Crippen LogP contribution < -0.4 is 5.32 Å². The number of nitrogens with one attached hydrogen (secondary N) is 1. The lowest BCUT2D eigenvalue weighted by atomic mass is 9.93. The van der Waals surface area contributed by atoms with E-state index in [4.69, 9.17) is 11.6 Å². The molecule has 2 amide bonds. The molecule has 1 aromatic rings. The van der Waals surface area contributed by atoms with E-state index in [9.17, 15) is 14.7 Å². The van der Waals surface area contributed by atoms with Crippen LogP contribution in [0.2, 0.25) is 4.34 Å². The van der Waals surface area contributed by atoms with Gasteiger partial charge in [-0.25, -0.2) is 9.59 Å². The normalized spacial score (nSPS) is 22.6. The SMILES string of the molecule is CC1CCN(C(=O)NCc2ccc(Cl)s2)C(C(=O)O)C1. The Morgan fingerprint density at radius 1 is 1.55 bits per heavy atom. The fourth-order valence-electron chi connectivity index (χ4n) is 2.33. The first kappa shape index (κ1) is 15.1. The van der Waals surface area contributed by atoms with E-state index in [0.717, 1.165) is 11.3 Å². The van der Waals surface area contributed by atoms with Crippen molar-refractivity contribution in [1.82, 2.24) is 10.2 Å². The van der Waals surface area contributed by atoms with E-state index in [-0.39, 0.29) is 6.03 Å². The lowest BCUT2D eigenvalue weighted by Crippen LogP contribution is -2.53. The molecule has 1 aliphatic rings. The van der Waals surface area contributed by atoms with Crippen LogP contribution in [0.3, 0.4) is 0 Å². The van der Waals surface area contributed by atoms with Crippen molar-refractivity contribution >= 4 is 34.9 Å². The number of hydrogen-bond donors (Lipinski definition) is 2. The van der Waals surface area contributed by atoms with Crippen LogP contribution >= 0.6 is 22.9 Å². The van der Waals surface area contributed by atoms with Gasteiger partial charge in [0.1, 0.15) is 6.04 Å². The third-order valence-electron chi connectivity index (χ3n) is 3.45. The van der Waals surface area contributed by atoms with Gasteiger partial charge in [0.25, 0.3) is 0 Å². The Morgan fingerprint density at radius 2 is 2.30 bits per heavy atom. The number of amides is 2. The molecule has 1 aromatic heterocycles. The van der Waals surface area contributed by atoms with Gasteiger partial charge < -0.3 is 15.3 Å². The summed E-state index contributed by atoms with van der Waals surface area (Å²) in [6.07, 6.45) is 1.34. The zero-order valence-electron chi connectivity index (χ0n) is 11.1. The molecular formula is C13H17ClN2O3S. The highest BCUT2D eigenvalue weighted by molar-refractivity contribution is 7.16. The largest absolute Gasteiger partial charge is 0.480 e. The summed E-state index contributed by atoms with van der Waals surface area (Å²) in [6.45, 7) is 2.86. The van der Waals surface area contributed by atoms with Gasteiger partial charge >= 0.3 is 12.0 Å². The summed E-state index contributed by atoms with van der Waals surface area (Å²) < 4.78 is 0.671. The molecular weight excluding hydrogens is 300 g/mol. The maximum Gasteiger partial charge on any atom is 0.326 e. The smallest absolute Gasteiger partial charge is 0.326 e. The molecule has 1 aliphatic heterocycles. The number of piperidine rings is 1. The number of thiophene rings is 1. The zero-order valence-corrected chi connectivity index (χ0v) is 12.7. The van der Waals surface area contributed by atoms with Crippen molar-refractivity contribution in [2.75, 3.05) is 6.54 Å². The maximum absolute atomic E-state index is 12.1. The molecule has 7 heteroatoms. The monoisotopic (exact) mass is 316 g/mol. The number of carboxylic acids is 1. The van der Waals surface area contributed by atoms with Crippen LogP contribution in [0, 0.1) is 5.92 Å². The minimum absolute atomic E-state index is 0.325. The van der Waals surface area contributed by atoms with E-state index < -0.39 is 12.0 Å². The molecule has 2 unspecified atom stereocenters. The first-order valence-corrected chi connectivity index (χ1v) is 7.68. The maximum atomic E-state index is 12.1. The lowest BCUT2D eigenvalue weighted by molar-refractivity contribution is -0.143. The first-order chi connectivity index (χ1) is 9.47. The van der Waals surface area contributed by atoms with E-state index in [0.29, 0.717) is 29.8 Å². The second-order valence-electron chi connectivity index (χ2n) is 5.04. The van der Waals surface area contributed by atoms with Gasteiger partial charge in [-0.15, -0.1) is 11.3 Å². The molecule has 0 radical (unpaired) electrons. The summed E-state index contributed by atoms with van der Waals surface area (Å²) in [4.78, 5) is 25.7. The summed E-state index contributed by atoms with van der Waals surface area (Å²) in [5.74, 6) is -0.609. The fraction of sp³-hybridized carbons (Fsp3) is 0.538. The summed E-state index contributed by atoms with van der Waals surface area (Å²) >= 11 is 7.22. The molecule has 20 heavy (non-hydrogen) atoms. The van der Waals surface area contributed by atoms with Crippen LogP contribution in [0.1, 0.15) is 24.6 Å². The summed E-state index contributed by atoms with van der Waals surface area (Å²) in [6, 6.07) is 2.57. The number of likely N-dealkylation sites (tertiary alicyclic amines) is 1. The highest BCUT2D eigenvalue weighted by Gasteiger charge is 2.34. The van der Waals surface area contributed by atoms with E-state index >= 15 is 0 Å². The minimum Gasteiger partial charge on any atom is -0.480 e. The van der Waals surface area contributed by atoms with Crippen LogP contribution in [0.5, 0.6) is 0 Å². The fourth-order valence-corrected chi connectivity index (χ4v) is 3.36. The molecule has 0 saturated carbocycles. The van der Waals surface area contributed by atoms with Gasteiger partial charge in [0.2, 0.25) is 0 Å². The van der Waals surface area contributed by atoms with Gasteiger partial charge in [-0.3, -0.25) is 0 Å². The molecule has 110 valence electrons. The predicted molar refractivity (Wildman–Crippen MR) is 78.1 cm³/mol. The van der Waals surface area contributed by atoms with Crippen molar-refractivity contribution in [1.29, 1.82) is 0 Å². The molecule has 0 aliphatic carbocycles. The van der Waals surface area contributed by atoms with E-state index in [1.54, 1.807) is 6.07 Å². The number of hydrogen-bond acceptors (Lipinski definition) is 3. The highest BCUT2D eigenvalue weighted by atomic mass is 35.5. The Kier molecular flexibility index (Phi) is 4.88. The summed E-state index contributed by atoms with van der Waals surface area (Å²) in [7, 11) is 0. The summed E-state index contributed by atoms with van der Waals surface area (Å²) in [5, 5.41) is 12.0. The van der Waals surface area contributed by atoms with Crippen molar-refractivity contribution in [3.05, 3.63) is 21.3 Å². The van der Waals surface area contributed by atoms with Crippen LogP contribution in [0.15, 0.2) is 12.1 Å². The molecule has 0 bridgehead atoms. The third-order valence-corrected chi connectivity index (χ3v) is 4.68. The second-order valence-corrected chi connectivity index (χ2v) is 6.84. The Bertz CT molecular complexity index is 506. The lowest BCUT2D eigenvalue weighted by Gasteiger charge is -2.35. The van der Waals surface area contributed by atoms with Crippen LogP contribution in [-0.4, -0.2) is 34.6 Å². The Hall–Kier alpha value is -1.27. The van der Waals surface area contributed by atoms with Gasteiger partial charge in [-0.2, -0.15) is 0 Å². The zero-order chi connectivity index (χ0) is 14.7. The molecule has 2 N–H and O–H groups in total. The number of carboxylic acid groups (broad SMARTS) is 1. The molecule has 2 heterocycles. The van der Waals surface area contributed by atoms with Crippen molar-refractivity contribution in [2.45, 2.75) is 32.4 Å². The molecule has 5 nitrogen and oxygen atoms in total. The number of halogens is 1. The molecule has 0 spiro atoms. The average Bonchev–Trinajstić information content (AvgIpc) is 2.81. The minimum atomic E-state index is -0.939. The Balaban J connectivity index is 1.94. The topological polar surface area (TPSA) is 69.6 Å². The van der Waals surface area contributed by atoms with Crippen LogP contribution in [-0.2, 0) is 11.3 Å². The number of nitrogens with zero attached hydrogens (tertiary/aromatic N) is 1. The Labute approximate surface area is 126 Å². The number of aliphatic carboxylic acids is 1. The van der Waals surface area contributed by atoms with E-state index in [2.05, 4.69) is 5.32 Å². The number of carbonyl (C=O) groups excluding carboxylic acids is 1. The van der Waals surface area contributed by atoms with Crippen molar-refractivity contribution in [2.24, 2.45) is 5.92 Å². The second kappa shape index (κ2) is 6.45. The van der Waals surface area contributed by atoms with Crippen LogP contribution in [0.4, 0.5) is 4.79 Å². The van der Waals surface area contributed by atoms with Crippen molar-refractivity contribution in [3.63, 3.8) is 0 Å². The van der Waals surface area contributed by atoms with Crippen molar-refractivity contribution in [3.8, 4) is 0 Å². The van der Waals surface area contributed by atoms with Gasteiger partial charge in [0.05, 0.1) is 10.9 Å².